The number of nitrogens with one attached hydrogen (secondary N) is 1. The number of ketones is 1. The number of furan rings is 1. The highest BCUT2D eigenvalue weighted by atomic mass is 16.3. The average molecular weight is 203 g/mol. The fourth-order valence-corrected chi connectivity index (χ4v) is 1.49. The van der Waals surface area contributed by atoms with Crippen molar-refractivity contribution in [2.24, 2.45) is 0 Å². The molecule has 2 rings (SSSR count). The molecule has 0 fully saturated rings. The Morgan fingerprint density at radius 3 is 3.00 bits per heavy atom. The molecular weight excluding hydrogens is 190 g/mol. The Bertz CT molecular complexity index is 473. The summed E-state index contributed by atoms with van der Waals surface area (Å²) in [5.74, 6) is 0.190. The molecule has 1 heterocycles. The standard InChI is InChI=1S/C12H13NO2/c1-9(14)6-7-13-11-8-15-12-5-3-2-4-10(11)12/h2-5,8,13H,6-7H2,1H3. The first-order valence-electron chi connectivity index (χ1n) is 4.97. The third-order valence-electron chi connectivity index (χ3n) is 2.27. The van der Waals surface area contributed by atoms with Crippen LogP contribution in [0.2, 0.25) is 0 Å². The van der Waals surface area contributed by atoms with Crippen LogP contribution in [0.25, 0.3) is 11.0 Å². The number of hydrogen-bond donors (Lipinski definition) is 1. The van der Waals surface area contributed by atoms with Crippen molar-refractivity contribution < 1.29 is 9.21 Å². The van der Waals surface area contributed by atoms with Gasteiger partial charge < -0.3 is 9.73 Å². The lowest BCUT2D eigenvalue weighted by molar-refractivity contribution is -0.116. The highest BCUT2D eigenvalue weighted by Gasteiger charge is 2.03. The molecule has 0 saturated heterocycles. The van der Waals surface area contributed by atoms with E-state index < -0.39 is 0 Å². The minimum atomic E-state index is 0.190. The summed E-state index contributed by atoms with van der Waals surface area (Å²) in [5.41, 5.74) is 1.81. The summed E-state index contributed by atoms with van der Waals surface area (Å²) in [6.07, 6.45) is 2.23. The first-order valence-corrected chi connectivity index (χ1v) is 4.97. The lowest BCUT2D eigenvalue weighted by atomic mass is 10.2. The molecule has 2 aromatic rings. The smallest absolute Gasteiger partial charge is 0.136 e. The molecule has 0 aliphatic rings. The van der Waals surface area contributed by atoms with Crippen LogP contribution < -0.4 is 5.32 Å². The second kappa shape index (κ2) is 4.17. The van der Waals surface area contributed by atoms with Crippen molar-refractivity contribution in [3.05, 3.63) is 30.5 Å². The van der Waals surface area contributed by atoms with Crippen molar-refractivity contribution in [2.75, 3.05) is 11.9 Å². The number of rotatable bonds is 4. The van der Waals surface area contributed by atoms with Crippen LogP contribution in [0, 0.1) is 0 Å². The number of fused-ring (bicyclic) bond motifs is 1. The zero-order valence-electron chi connectivity index (χ0n) is 8.62. The van der Waals surface area contributed by atoms with E-state index in [9.17, 15) is 4.79 Å². The number of carbonyl (C=O) groups is 1. The van der Waals surface area contributed by atoms with Crippen molar-refractivity contribution in [3.63, 3.8) is 0 Å². The summed E-state index contributed by atoms with van der Waals surface area (Å²) < 4.78 is 5.36. The van der Waals surface area contributed by atoms with Gasteiger partial charge in [0.15, 0.2) is 0 Å². The minimum absolute atomic E-state index is 0.190. The Balaban J connectivity index is 2.11. The van der Waals surface area contributed by atoms with E-state index in [4.69, 9.17) is 4.42 Å². The topological polar surface area (TPSA) is 42.2 Å². The Morgan fingerprint density at radius 1 is 1.40 bits per heavy atom. The number of benzene rings is 1. The highest BCUT2D eigenvalue weighted by molar-refractivity contribution is 5.90. The molecule has 0 unspecified atom stereocenters. The second-order valence-electron chi connectivity index (χ2n) is 3.52. The van der Waals surface area contributed by atoms with Crippen LogP contribution in [0.15, 0.2) is 34.9 Å². The molecule has 15 heavy (non-hydrogen) atoms. The van der Waals surface area contributed by atoms with E-state index in [0.717, 1.165) is 16.7 Å². The van der Waals surface area contributed by atoms with E-state index in [2.05, 4.69) is 5.32 Å². The Hall–Kier alpha value is -1.77. The molecule has 1 aromatic carbocycles. The van der Waals surface area contributed by atoms with E-state index in [1.54, 1.807) is 13.2 Å². The summed E-state index contributed by atoms with van der Waals surface area (Å²) in [6.45, 7) is 2.24. The lowest BCUT2D eigenvalue weighted by Crippen LogP contribution is -2.05. The molecule has 3 nitrogen and oxygen atoms in total. The van der Waals surface area contributed by atoms with Gasteiger partial charge >= 0.3 is 0 Å². The normalized spacial score (nSPS) is 10.5. The molecule has 0 atom stereocenters. The van der Waals surface area contributed by atoms with Crippen LogP contribution in [-0.4, -0.2) is 12.3 Å². The molecular formula is C12H13NO2. The Kier molecular flexibility index (Phi) is 2.72. The highest BCUT2D eigenvalue weighted by Crippen LogP contribution is 2.24. The summed E-state index contributed by atoms with van der Waals surface area (Å²) in [7, 11) is 0. The van der Waals surface area contributed by atoms with Gasteiger partial charge in [0, 0.05) is 18.4 Å². The van der Waals surface area contributed by atoms with Gasteiger partial charge in [0.25, 0.3) is 0 Å². The van der Waals surface area contributed by atoms with Gasteiger partial charge in [-0.1, -0.05) is 12.1 Å². The molecule has 0 saturated carbocycles. The predicted molar refractivity (Wildman–Crippen MR) is 60.0 cm³/mol. The third kappa shape index (κ3) is 2.18. The number of carbonyl (C=O) groups excluding carboxylic acids is 1. The molecule has 0 amide bonds. The zero-order valence-corrected chi connectivity index (χ0v) is 8.62. The van der Waals surface area contributed by atoms with Crippen molar-refractivity contribution in [2.45, 2.75) is 13.3 Å². The van der Waals surface area contributed by atoms with E-state index in [1.165, 1.54) is 0 Å². The first kappa shape index (κ1) is 9.77. The van der Waals surface area contributed by atoms with Crippen molar-refractivity contribution in [1.82, 2.24) is 0 Å². The SMILES string of the molecule is CC(=O)CCNc1coc2ccccc12. The van der Waals surface area contributed by atoms with E-state index in [1.807, 2.05) is 24.3 Å². The maximum absolute atomic E-state index is 10.8. The molecule has 0 aliphatic heterocycles. The zero-order chi connectivity index (χ0) is 10.7. The predicted octanol–water partition coefficient (Wildman–Crippen LogP) is 2.82. The quantitative estimate of drug-likeness (QED) is 0.830. The van der Waals surface area contributed by atoms with E-state index in [0.29, 0.717) is 13.0 Å². The Labute approximate surface area is 88.1 Å². The number of para-hydroxylation sites is 1. The number of hydrogen-bond acceptors (Lipinski definition) is 3. The van der Waals surface area contributed by atoms with Crippen LogP contribution in [-0.2, 0) is 4.79 Å². The summed E-state index contributed by atoms with van der Waals surface area (Å²) >= 11 is 0. The van der Waals surface area contributed by atoms with Gasteiger partial charge in [-0.15, -0.1) is 0 Å². The molecule has 0 bridgehead atoms. The molecule has 3 heteroatoms. The molecule has 0 spiro atoms. The maximum Gasteiger partial charge on any atom is 0.136 e. The van der Waals surface area contributed by atoms with E-state index in [-0.39, 0.29) is 5.78 Å². The molecule has 78 valence electrons. The van der Waals surface area contributed by atoms with Gasteiger partial charge in [-0.25, -0.2) is 0 Å². The monoisotopic (exact) mass is 203 g/mol. The fraction of sp³-hybridized carbons (Fsp3) is 0.250. The minimum Gasteiger partial charge on any atom is -0.462 e. The van der Waals surface area contributed by atoms with Crippen molar-refractivity contribution in [1.29, 1.82) is 0 Å². The molecule has 0 radical (unpaired) electrons. The van der Waals surface area contributed by atoms with Gasteiger partial charge in [-0.05, 0) is 19.1 Å². The van der Waals surface area contributed by atoms with Gasteiger partial charge in [0.2, 0.25) is 0 Å². The van der Waals surface area contributed by atoms with Gasteiger partial charge in [-0.3, -0.25) is 4.79 Å². The number of Topliss-reactive ketones (excluding diaryl/α,β-unsaturated/α-hetero) is 1. The van der Waals surface area contributed by atoms with Gasteiger partial charge in [0.1, 0.15) is 17.6 Å². The van der Waals surface area contributed by atoms with Crippen LogP contribution in [0.1, 0.15) is 13.3 Å². The van der Waals surface area contributed by atoms with E-state index >= 15 is 0 Å². The van der Waals surface area contributed by atoms with Crippen molar-refractivity contribution >= 4 is 22.4 Å². The molecule has 0 aliphatic carbocycles. The summed E-state index contributed by atoms with van der Waals surface area (Å²) in [4.78, 5) is 10.8. The number of anilines is 1. The second-order valence-corrected chi connectivity index (χ2v) is 3.52. The third-order valence-corrected chi connectivity index (χ3v) is 2.27. The van der Waals surface area contributed by atoms with Crippen LogP contribution in [0.3, 0.4) is 0 Å². The van der Waals surface area contributed by atoms with Gasteiger partial charge in [0.05, 0.1) is 5.69 Å². The van der Waals surface area contributed by atoms with Crippen LogP contribution in [0.5, 0.6) is 0 Å². The van der Waals surface area contributed by atoms with Crippen LogP contribution in [0.4, 0.5) is 5.69 Å². The molecule has 1 aromatic heterocycles. The van der Waals surface area contributed by atoms with Gasteiger partial charge in [-0.2, -0.15) is 0 Å². The largest absolute Gasteiger partial charge is 0.462 e. The lowest BCUT2D eigenvalue weighted by Gasteiger charge is -2.01. The first-order chi connectivity index (χ1) is 7.27. The summed E-state index contributed by atoms with van der Waals surface area (Å²) in [5, 5.41) is 4.24. The fourth-order valence-electron chi connectivity index (χ4n) is 1.49. The van der Waals surface area contributed by atoms with Crippen molar-refractivity contribution in [3.8, 4) is 0 Å². The average Bonchev–Trinajstić information content (AvgIpc) is 2.62. The molecule has 1 N–H and O–H groups in total. The van der Waals surface area contributed by atoms with Crippen LogP contribution >= 0.6 is 0 Å². The Morgan fingerprint density at radius 2 is 2.20 bits per heavy atom. The summed E-state index contributed by atoms with van der Waals surface area (Å²) in [6, 6.07) is 7.82. The maximum atomic E-state index is 10.8.